The first kappa shape index (κ1) is 21.9. The Balaban J connectivity index is 2.28. The summed E-state index contributed by atoms with van der Waals surface area (Å²) in [7, 11) is 0. The summed E-state index contributed by atoms with van der Waals surface area (Å²) in [6.07, 6.45) is 4.09. The van der Waals surface area contributed by atoms with Crippen LogP contribution in [0.5, 0.6) is 0 Å². The van der Waals surface area contributed by atoms with Crippen LogP contribution < -0.4 is 0 Å². The van der Waals surface area contributed by atoms with Gasteiger partial charge in [0.2, 0.25) is 0 Å². The molecule has 0 amide bonds. The van der Waals surface area contributed by atoms with Gasteiger partial charge in [-0.1, -0.05) is 31.2 Å². The van der Waals surface area contributed by atoms with Gasteiger partial charge in [-0.2, -0.15) is 0 Å². The van der Waals surface area contributed by atoms with Crippen LogP contribution in [0.25, 0.3) is 0 Å². The van der Waals surface area contributed by atoms with Crippen molar-refractivity contribution < 1.29 is 28.6 Å². The Bertz CT molecular complexity index is 717. The third-order valence-corrected chi connectivity index (χ3v) is 5.63. The minimum atomic E-state index is -0.448. The maximum atomic E-state index is 12.4. The average molecular weight is 390 g/mol. The molecule has 154 valence electrons. The van der Waals surface area contributed by atoms with Crippen LogP contribution in [-0.2, 0) is 28.6 Å². The molecule has 1 heterocycles. The number of fused-ring (bicyclic) bond motifs is 1. The Morgan fingerprint density at radius 2 is 2.07 bits per heavy atom. The third-order valence-electron chi connectivity index (χ3n) is 5.63. The fourth-order valence-corrected chi connectivity index (χ4v) is 4.04. The van der Waals surface area contributed by atoms with Gasteiger partial charge in [0, 0.05) is 36.3 Å². The first-order chi connectivity index (χ1) is 13.1. The number of ether oxygens (including phenoxy) is 3. The molecule has 2 rings (SSSR count). The summed E-state index contributed by atoms with van der Waals surface area (Å²) in [5, 5.41) is 0. The Hall–Kier alpha value is -2.37. The first-order valence-electron chi connectivity index (χ1n) is 9.71. The molecular weight excluding hydrogens is 360 g/mol. The van der Waals surface area contributed by atoms with Crippen molar-refractivity contribution in [2.24, 2.45) is 17.8 Å². The molecule has 0 aromatic carbocycles. The average Bonchev–Trinajstić information content (AvgIpc) is 2.80. The molecule has 6 heteroatoms. The van der Waals surface area contributed by atoms with Crippen molar-refractivity contribution in [3.05, 3.63) is 35.5 Å². The highest BCUT2D eigenvalue weighted by Crippen LogP contribution is 2.42. The molecule has 0 N–H and O–H groups in total. The van der Waals surface area contributed by atoms with Gasteiger partial charge >= 0.3 is 17.9 Å². The van der Waals surface area contributed by atoms with E-state index >= 15 is 0 Å². The van der Waals surface area contributed by atoms with Gasteiger partial charge in [-0.25, -0.2) is 9.59 Å². The fraction of sp³-hybridized carbons (Fsp3) is 0.591. The molecule has 0 saturated carbocycles. The second-order valence-corrected chi connectivity index (χ2v) is 7.69. The standard InChI is InChI=1S/C22H30O6/c1-7-12(2)21(24)27-18(8-9-26-16(6)23)20-13(3)10-17-15(5)22(25)28-19(17)11-14(20)4/h7,10,14,17-20H,5,8-9,11H2,1-4,6H3. The Morgan fingerprint density at radius 3 is 2.68 bits per heavy atom. The van der Waals surface area contributed by atoms with Gasteiger partial charge < -0.3 is 14.2 Å². The summed E-state index contributed by atoms with van der Waals surface area (Å²) in [6.45, 7) is 12.9. The Morgan fingerprint density at radius 1 is 1.39 bits per heavy atom. The minimum Gasteiger partial charge on any atom is -0.466 e. The van der Waals surface area contributed by atoms with Crippen LogP contribution in [0.4, 0.5) is 0 Å². The second kappa shape index (κ2) is 9.22. The number of carbonyl (C=O) groups is 3. The third kappa shape index (κ3) is 4.91. The topological polar surface area (TPSA) is 78.9 Å². The van der Waals surface area contributed by atoms with E-state index in [4.69, 9.17) is 14.2 Å². The summed E-state index contributed by atoms with van der Waals surface area (Å²) in [4.78, 5) is 35.4. The highest BCUT2D eigenvalue weighted by Gasteiger charge is 2.43. The Kier molecular flexibility index (Phi) is 7.22. The molecular formula is C22H30O6. The lowest BCUT2D eigenvalue weighted by Gasteiger charge is -2.32. The molecule has 5 atom stereocenters. The number of hydrogen-bond acceptors (Lipinski definition) is 6. The molecule has 1 aliphatic heterocycles. The van der Waals surface area contributed by atoms with E-state index in [1.807, 2.05) is 13.0 Å². The highest BCUT2D eigenvalue weighted by atomic mass is 16.6. The van der Waals surface area contributed by atoms with Crippen molar-refractivity contribution in [3.8, 4) is 0 Å². The summed E-state index contributed by atoms with van der Waals surface area (Å²) in [5.74, 6) is -1.20. The number of esters is 3. The predicted octanol–water partition coefficient (Wildman–Crippen LogP) is 3.52. The summed E-state index contributed by atoms with van der Waals surface area (Å²) >= 11 is 0. The molecule has 1 saturated heterocycles. The van der Waals surface area contributed by atoms with E-state index in [2.05, 4.69) is 13.5 Å². The molecule has 1 aliphatic carbocycles. The smallest absolute Gasteiger partial charge is 0.334 e. The zero-order valence-corrected chi connectivity index (χ0v) is 17.3. The summed E-state index contributed by atoms with van der Waals surface area (Å²) < 4.78 is 16.4. The van der Waals surface area contributed by atoms with Gasteiger partial charge in [-0.05, 0) is 33.1 Å². The predicted molar refractivity (Wildman–Crippen MR) is 104 cm³/mol. The van der Waals surface area contributed by atoms with E-state index in [1.165, 1.54) is 6.92 Å². The second-order valence-electron chi connectivity index (χ2n) is 7.69. The van der Waals surface area contributed by atoms with Crippen molar-refractivity contribution in [2.45, 2.75) is 59.7 Å². The van der Waals surface area contributed by atoms with Gasteiger partial charge in [-0.15, -0.1) is 0 Å². The SMILES string of the molecule is C=C1C(=O)OC2CC(C)C(C(CCOC(C)=O)OC(=O)C(C)=CC)C(C)=CC12. The lowest BCUT2D eigenvalue weighted by Crippen LogP contribution is -2.34. The van der Waals surface area contributed by atoms with Crippen molar-refractivity contribution in [3.63, 3.8) is 0 Å². The van der Waals surface area contributed by atoms with E-state index in [9.17, 15) is 14.4 Å². The van der Waals surface area contributed by atoms with E-state index in [-0.39, 0.29) is 48.4 Å². The number of rotatable bonds is 6. The zero-order valence-electron chi connectivity index (χ0n) is 17.3. The van der Waals surface area contributed by atoms with E-state index in [0.29, 0.717) is 24.0 Å². The first-order valence-corrected chi connectivity index (χ1v) is 9.71. The lowest BCUT2D eigenvalue weighted by atomic mass is 9.81. The van der Waals surface area contributed by atoms with Gasteiger partial charge in [0.15, 0.2) is 0 Å². The number of allylic oxidation sites excluding steroid dienone is 1. The molecule has 1 fully saturated rings. The van der Waals surface area contributed by atoms with Crippen LogP contribution >= 0.6 is 0 Å². The number of hydrogen-bond donors (Lipinski definition) is 0. The monoisotopic (exact) mass is 390 g/mol. The molecule has 5 unspecified atom stereocenters. The van der Waals surface area contributed by atoms with Crippen molar-refractivity contribution >= 4 is 17.9 Å². The zero-order chi connectivity index (χ0) is 21.0. The molecule has 0 bridgehead atoms. The molecule has 2 aliphatic rings. The van der Waals surface area contributed by atoms with Crippen LogP contribution in [0.1, 0.15) is 47.5 Å². The quantitative estimate of drug-likeness (QED) is 0.299. The number of carbonyl (C=O) groups excluding carboxylic acids is 3. The highest BCUT2D eigenvalue weighted by molar-refractivity contribution is 5.91. The molecule has 0 radical (unpaired) electrons. The normalized spacial score (nSPS) is 28.6. The van der Waals surface area contributed by atoms with E-state index < -0.39 is 6.10 Å². The van der Waals surface area contributed by atoms with Gasteiger partial charge in [-0.3, -0.25) is 4.79 Å². The van der Waals surface area contributed by atoms with Crippen LogP contribution in [0, 0.1) is 17.8 Å². The van der Waals surface area contributed by atoms with Crippen LogP contribution in [0.3, 0.4) is 0 Å². The van der Waals surface area contributed by atoms with Gasteiger partial charge in [0.25, 0.3) is 0 Å². The van der Waals surface area contributed by atoms with Crippen LogP contribution in [0.15, 0.2) is 35.5 Å². The molecule has 0 spiro atoms. The Labute approximate surface area is 166 Å². The lowest BCUT2D eigenvalue weighted by molar-refractivity contribution is -0.150. The van der Waals surface area contributed by atoms with Gasteiger partial charge in [0.05, 0.1) is 6.61 Å². The maximum absolute atomic E-state index is 12.4. The summed E-state index contributed by atoms with van der Waals surface area (Å²) in [6, 6.07) is 0. The van der Waals surface area contributed by atoms with Crippen molar-refractivity contribution in [2.75, 3.05) is 6.61 Å². The van der Waals surface area contributed by atoms with Crippen LogP contribution in [-0.4, -0.2) is 36.7 Å². The van der Waals surface area contributed by atoms with E-state index in [0.717, 1.165) is 5.57 Å². The maximum Gasteiger partial charge on any atom is 0.334 e. The van der Waals surface area contributed by atoms with Gasteiger partial charge in [0.1, 0.15) is 12.2 Å². The van der Waals surface area contributed by atoms with Crippen molar-refractivity contribution in [1.29, 1.82) is 0 Å². The van der Waals surface area contributed by atoms with E-state index in [1.54, 1.807) is 19.9 Å². The molecule has 0 aromatic rings. The van der Waals surface area contributed by atoms with Crippen molar-refractivity contribution in [1.82, 2.24) is 0 Å². The molecule has 6 nitrogen and oxygen atoms in total. The molecule has 0 aromatic heterocycles. The summed E-state index contributed by atoms with van der Waals surface area (Å²) in [5.41, 5.74) is 2.02. The largest absolute Gasteiger partial charge is 0.466 e. The minimum absolute atomic E-state index is 0.0683. The van der Waals surface area contributed by atoms with Crippen LogP contribution in [0.2, 0.25) is 0 Å². The molecule has 28 heavy (non-hydrogen) atoms. The fourth-order valence-electron chi connectivity index (χ4n) is 4.04.